The highest BCUT2D eigenvalue weighted by atomic mass is 35.5. The summed E-state index contributed by atoms with van der Waals surface area (Å²) in [6.07, 6.45) is -2.36. The van der Waals surface area contributed by atoms with Gasteiger partial charge in [-0.1, -0.05) is 0 Å². The van der Waals surface area contributed by atoms with E-state index in [1.165, 1.54) is 12.0 Å². The SMILES string of the molecule is COc1cc2c(cc1OC)CCN(C(=O)CCN(C[C@H]1Cc3cc(OC)c(OC)cc31)CC(F)(F)F)CC2.Cl. The Morgan fingerprint density at radius 2 is 1.36 bits per heavy atom. The van der Waals surface area contributed by atoms with Crippen LogP contribution in [0.3, 0.4) is 0 Å². The monoisotopic (exact) mass is 572 g/mol. The molecule has 39 heavy (non-hydrogen) atoms. The minimum atomic E-state index is -4.35. The lowest BCUT2D eigenvalue weighted by molar-refractivity contribution is -0.149. The first-order chi connectivity index (χ1) is 18.1. The number of hydrogen-bond acceptors (Lipinski definition) is 6. The van der Waals surface area contributed by atoms with Gasteiger partial charge < -0.3 is 23.8 Å². The second kappa shape index (κ2) is 13.0. The lowest BCUT2D eigenvalue weighted by atomic mass is 9.77. The van der Waals surface area contributed by atoms with Crippen LogP contribution < -0.4 is 18.9 Å². The first-order valence-corrected chi connectivity index (χ1v) is 12.7. The highest BCUT2D eigenvalue weighted by molar-refractivity contribution is 5.85. The van der Waals surface area contributed by atoms with Crippen LogP contribution in [0.15, 0.2) is 24.3 Å². The predicted octanol–water partition coefficient (Wildman–Crippen LogP) is 4.66. The zero-order valence-electron chi connectivity index (χ0n) is 22.7. The number of alkyl halides is 3. The molecule has 0 bridgehead atoms. The molecule has 0 fully saturated rings. The van der Waals surface area contributed by atoms with E-state index in [2.05, 4.69) is 0 Å². The van der Waals surface area contributed by atoms with Crippen molar-refractivity contribution in [3.63, 3.8) is 0 Å². The highest BCUT2D eigenvalue weighted by Gasteiger charge is 2.35. The van der Waals surface area contributed by atoms with Gasteiger partial charge in [0, 0.05) is 38.5 Å². The van der Waals surface area contributed by atoms with E-state index in [1.807, 2.05) is 24.3 Å². The van der Waals surface area contributed by atoms with E-state index in [0.29, 0.717) is 55.4 Å². The van der Waals surface area contributed by atoms with Crippen LogP contribution in [-0.2, 0) is 24.1 Å². The van der Waals surface area contributed by atoms with Crippen LogP contribution in [0.2, 0.25) is 0 Å². The molecule has 1 aliphatic carbocycles. The van der Waals surface area contributed by atoms with Crippen LogP contribution in [0.5, 0.6) is 23.0 Å². The van der Waals surface area contributed by atoms with Crippen molar-refractivity contribution in [3.8, 4) is 23.0 Å². The van der Waals surface area contributed by atoms with E-state index >= 15 is 0 Å². The molecule has 2 aromatic rings. The molecule has 11 heteroatoms. The van der Waals surface area contributed by atoms with Crippen molar-refractivity contribution in [1.29, 1.82) is 0 Å². The number of rotatable bonds is 10. The Morgan fingerprint density at radius 3 is 1.85 bits per heavy atom. The molecule has 2 aliphatic rings. The molecule has 0 saturated heterocycles. The largest absolute Gasteiger partial charge is 0.493 e. The topological polar surface area (TPSA) is 60.5 Å². The summed E-state index contributed by atoms with van der Waals surface area (Å²) >= 11 is 0. The summed E-state index contributed by atoms with van der Waals surface area (Å²) in [6, 6.07) is 7.60. The number of carbonyl (C=O) groups excluding carboxylic acids is 1. The van der Waals surface area contributed by atoms with E-state index in [4.69, 9.17) is 18.9 Å². The molecule has 2 aromatic carbocycles. The van der Waals surface area contributed by atoms with E-state index in [0.717, 1.165) is 22.3 Å². The number of methoxy groups -OCH3 is 4. The lowest BCUT2D eigenvalue weighted by Gasteiger charge is -2.36. The highest BCUT2D eigenvalue weighted by Crippen LogP contribution is 2.43. The van der Waals surface area contributed by atoms with E-state index in [9.17, 15) is 18.0 Å². The zero-order chi connectivity index (χ0) is 27.4. The molecular weight excluding hydrogens is 537 g/mol. The Balaban J connectivity index is 0.00000420. The van der Waals surface area contributed by atoms with Gasteiger partial charge in [-0.3, -0.25) is 9.69 Å². The number of nitrogens with zero attached hydrogens (tertiary/aromatic N) is 2. The van der Waals surface area contributed by atoms with Crippen LogP contribution in [-0.4, -0.2) is 83.0 Å². The van der Waals surface area contributed by atoms with Crippen LogP contribution in [0.4, 0.5) is 13.2 Å². The van der Waals surface area contributed by atoms with Crippen molar-refractivity contribution < 1.29 is 36.9 Å². The molecule has 0 spiro atoms. The number of benzene rings is 2. The first kappa shape index (κ1) is 30.7. The Kier molecular flexibility index (Phi) is 10.2. The predicted molar refractivity (Wildman–Crippen MR) is 144 cm³/mol. The van der Waals surface area contributed by atoms with Gasteiger partial charge in [0.25, 0.3) is 0 Å². The minimum Gasteiger partial charge on any atom is -0.493 e. The summed E-state index contributed by atoms with van der Waals surface area (Å²) in [5.74, 6) is 2.26. The Hall–Kier alpha value is -2.85. The number of amides is 1. The third-order valence-corrected chi connectivity index (χ3v) is 7.44. The van der Waals surface area contributed by atoms with Gasteiger partial charge in [-0.2, -0.15) is 13.2 Å². The second-order valence-corrected chi connectivity index (χ2v) is 9.76. The van der Waals surface area contributed by atoms with Crippen LogP contribution in [0.25, 0.3) is 0 Å². The maximum Gasteiger partial charge on any atom is 0.401 e. The van der Waals surface area contributed by atoms with Gasteiger partial charge in [-0.15, -0.1) is 12.4 Å². The quantitative estimate of drug-likeness (QED) is 0.413. The van der Waals surface area contributed by atoms with Gasteiger partial charge in [0.15, 0.2) is 23.0 Å². The fraction of sp³-hybridized carbons (Fsp3) is 0.536. The van der Waals surface area contributed by atoms with E-state index in [-0.39, 0.29) is 43.7 Å². The fourth-order valence-corrected chi connectivity index (χ4v) is 5.41. The third-order valence-electron chi connectivity index (χ3n) is 7.44. The van der Waals surface area contributed by atoms with E-state index in [1.54, 1.807) is 26.2 Å². The van der Waals surface area contributed by atoms with Gasteiger partial charge in [-0.05, 0) is 65.8 Å². The van der Waals surface area contributed by atoms with Gasteiger partial charge in [0.2, 0.25) is 5.91 Å². The molecule has 1 amide bonds. The van der Waals surface area contributed by atoms with Crippen molar-refractivity contribution in [1.82, 2.24) is 9.80 Å². The molecule has 0 N–H and O–H groups in total. The van der Waals surface area contributed by atoms with Gasteiger partial charge in [0.1, 0.15) is 0 Å². The van der Waals surface area contributed by atoms with Gasteiger partial charge >= 0.3 is 6.18 Å². The summed E-state index contributed by atoms with van der Waals surface area (Å²) in [5, 5.41) is 0. The average Bonchev–Trinajstić information content (AvgIpc) is 3.10. The molecule has 4 rings (SSSR count). The molecule has 0 radical (unpaired) electrons. The molecule has 0 aromatic heterocycles. The number of ether oxygens (including phenoxy) is 4. The Bertz CT molecular complexity index is 1130. The summed E-state index contributed by atoms with van der Waals surface area (Å²) in [5.41, 5.74) is 4.20. The van der Waals surface area contributed by atoms with Crippen molar-refractivity contribution in [3.05, 3.63) is 46.5 Å². The number of carbonyl (C=O) groups is 1. The average molecular weight is 573 g/mol. The molecule has 0 saturated carbocycles. The Morgan fingerprint density at radius 1 is 0.872 bits per heavy atom. The fourth-order valence-electron chi connectivity index (χ4n) is 5.41. The molecule has 0 unspecified atom stereocenters. The summed E-state index contributed by atoms with van der Waals surface area (Å²) in [4.78, 5) is 16.2. The summed E-state index contributed by atoms with van der Waals surface area (Å²) in [6.45, 7) is 0.240. The van der Waals surface area contributed by atoms with Gasteiger partial charge in [-0.25, -0.2) is 0 Å². The minimum absolute atomic E-state index is 0. The lowest BCUT2D eigenvalue weighted by Crippen LogP contribution is -2.42. The Labute approximate surface area is 233 Å². The van der Waals surface area contributed by atoms with Crippen molar-refractivity contribution in [2.75, 3.05) is 61.2 Å². The zero-order valence-corrected chi connectivity index (χ0v) is 23.5. The maximum atomic E-state index is 13.4. The molecule has 216 valence electrons. The normalized spacial score (nSPS) is 16.3. The maximum absolute atomic E-state index is 13.4. The number of halogens is 4. The van der Waals surface area contributed by atoms with Crippen molar-refractivity contribution in [2.24, 2.45) is 0 Å². The smallest absolute Gasteiger partial charge is 0.401 e. The molecule has 1 heterocycles. The number of fused-ring (bicyclic) bond motifs is 2. The standard InChI is InChI=1S/C28H35F3N2O5.ClH/c1-35-23-12-18-5-9-33(10-6-19(18)13-24(23)36-2)27(34)7-8-32(17-28(29,30)31)16-21-11-20-14-25(37-3)26(38-4)15-22(20)21;/h12-15,21H,5-11,16-17H2,1-4H3;1H/t21-;/m1./s1. The van der Waals surface area contributed by atoms with Crippen molar-refractivity contribution >= 4 is 18.3 Å². The molecule has 1 aliphatic heterocycles. The third kappa shape index (κ3) is 7.22. The molecular formula is C28H36ClF3N2O5. The summed E-state index contributed by atoms with van der Waals surface area (Å²) < 4.78 is 61.7. The molecule has 1 atom stereocenters. The second-order valence-electron chi connectivity index (χ2n) is 9.76. The van der Waals surface area contributed by atoms with E-state index < -0.39 is 12.7 Å². The first-order valence-electron chi connectivity index (χ1n) is 12.7. The van der Waals surface area contributed by atoms with Crippen LogP contribution >= 0.6 is 12.4 Å². The van der Waals surface area contributed by atoms with Gasteiger partial charge in [0.05, 0.1) is 35.0 Å². The van der Waals surface area contributed by atoms with Crippen LogP contribution in [0, 0.1) is 0 Å². The van der Waals surface area contributed by atoms with Crippen LogP contribution in [0.1, 0.15) is 34.6 Å². The summed E-state index contributed by atoms with van der Waals surface area (Å²) in [7, 11) is 6.26. The number of hydrogen-bond donors (Lipinski definition) is 0. The van der Waals surface area contributed by atoms with Crippen molar-refractivity contribution in [2.45, 2.75) is 37.8 Å². The molecule has 7 nitrogen and oxygen atoms in total.